The van der Waals surface area contributed by atoms with E-state index in [4.69, 9.17) is 20.4 Å². The van der Waals surface area contributed by atoms with Crippen molar-refractivity contribution in [3.63, 3.8) is 0 Å². The van der Waals surface area contributed by atoms with Crippen molar-refractivity contribution < 1.29 is 52.7 Å². The molecular formula is C9H19O6Ta. The van der Waals surface area contributed by atoms with Crippen molar-refractivity contribution in [1.29, 1.82) is 0 Å². The van der Waals surface area contributed by atoms with Crippen LogP contribution < -0.4 is 25.5 Å². The summed E-state index contributed by atoms with van der Waals surface area (Å²) in [6.45, 7) is 2.70. The molecule has 0 N–H and O–H groups in total. The van der Waals surface area contributed by atoms with Gasteiger partial charge in [-0.2, -0.15) is 28.4 Å². The minimum absolute atomic E-state index is 0. The average molecular weight is 404 g/mol. The maximum Gasteiger partial charge on any atom is 5.00 e. The van der Waals surface area contributed by atoms with Crippen molar-refractivity contribution in [1.82, 2.24) is 0 Å². The molecule has 0 aromatic heterocycles. The van der Waals surface area contributed by atoms with Crippen LogP contribution in [0.5, 0.6) is 0 Å². The molecule has 0 saturated carbocycles. The Balaban J connectivity index is -0.0000000238. The maximum absolute atomic E-state index is 9.98. The van der Waals surface area contributed by atoms with E-state index in [1.54, 1.807) is 0 Å². The first-order valence-corrected chi connectivity index (χ1v) is 3.62. The molecule has 0 aromatic carbocycles. The Bertz CT molecular complexity index is 113. The number of hydrogen-bond donors (Lipinski definition) is 0. The van der Waals surface area contributed by atoms with E-state index in [0.29, 0.717) is 0 Å². The molecule has 0 aliphatic rings. The van der Waals surface area contributed by atoms with Gasteiger partial charge in [-0.3, -0.25) is 4.79 Å². The van der Waals surface area contributed by atoms with Crippen LogP contribution in [0, 0.1) is 0 Å². The molecule has 6 nitrogen and oxygen atoms in total. The molecular weight excluding hydrogens is 385 g/mol. The number of carbonyl (C=O) groups excluding carboxylic acids is 1. The van der Waals surface area contributed by atoms with Crippen molar-refractivity contribution in [2.75, 3.05) is 28.4 Å². The molecule has 0 saturated heterocycles. The van der Waals surface area contributed by atoms with Gasteiger partial charge in [0.2, 0.25) is 0 Å². The van der Waals surface area contributed by atoms with E-state index in [2.05, 4.69) is 0 Å². The Hall–Kier alpha value is -0.210. The normalized spacial score (nSPS) is 6.50. The summed E-state index contributed by atoms with van der Waals surface area (Å²) in [6.07, 6.45) is 1.06. The predicted octanol–water partition coefficient (Wildman–Crippen LogP) is -4.26. The molecule has 7 heteroatoms. The van der Waals surface area contributed by atoms with Gasteiger partial charge in [-0.1, -0.05) is 6.92 Å². The Morgan fingerprint density at radius 2 is 1.00 bits per heavy atom. The molecule has 0 amide bonds. The third-order valence-electron chi connectivity index (χ3n) is 0.407. The van der Waals surface area contributed by atoms with Crippen molar-refractivity contribution >= 4 is 5.78 Å². The standard InChI is InChI=1S/C5H8O2.4CH3O.Ta/c1-4(6)3-5(2)7;4*1-2;/h3,6H,1-2H3;4*1H3;/q;4*-1;+5/p-1/b4-3-;;;;;. The zero-order valence-electron chi connectivity index (χ0n) is 10.5. The quantitative estimate of drug-likeness (QED) is 0.321. The van der Waals surface area contributed by atoms with Gasteiger partial charge in [0.05, 0.1) is 0 Å². The monoisotopic (exact) mass is 404 g/mol. The number of carbonyl (C=O) groups is 1. The number of allylic oxidation sites excluding steroid dienone is 2. The summed E-state index contributed by atoms with van der Waals surface area (Å²) in [7, 11) is 3.00. The molecule has 0 heterocycles. The van der Waals surface area contributed by atoms with E-state index in [1.165, 1.54) is 13.8 Å². The minimum Gasteiger partial charge on any atom is -0.876 e. The second kappa shape index (κ2) is 61.0. The Morgan fingerprint density at radius 1 is 0.812 bits per heavy atom. The van der Waals surface area contributed by atoms with Crippen LogP contribution in [0.4, 0.5) is 0 Å². The molecule has 0 spiro atoms. The zero-order valence-corrected chi connectivity index (χ0v) is 13.7. The fourth-order valence-electron chi connectivity index (χ4n) is 0.286. The van der Waals surface area contributed by atoms with Crippen LogP contribution in [0.3, 0.4) is 0 Å². The van der Waals surface area contributed by atoms with Gasteiger partial charge in [0.25, 0.3) is 0 Å². The Labute approximate surface area is 113 Å². The molecule has 0 aliphatic heterocycles. The molecule has 96 valence electrons. The summed E-state index contributed by atoms with van der Waals surface area (Å²) in [6, 6.07) is 0. The average Bonchev–Trinajstić information content (AvgIpc) is 2.27. The zero-order chi connectivity index (χ0) is 13.9. The maximum atomic E-state index is 9.98. The van der Waals surface area contributed by atoms with Crippen LogP contribution in [0.15, 0.2) is 11.8 Å². The smallest absolute Gasteiger partial charge is 0.876 e. The SMILES string of the molecule is CC(=O)/C=C(/C)[O-].C[O-].C[O-].C[O-].C[O-].[Ta+5]. The third kappa shape index (κ3) is 157. The van der Waals surface area contributed by atoms with Gasteiger partial charge >= 0.3 is 22.4 Å². The summed E-state index contributed by atoms with van der Waals surface area (Å²) >= 11 is 0. The van der Waals surface area contributed by atoms with Gasteiger partial charge in [0.15, 0.2) is 5.78 Å². The second-order valence-electron chi connectivity index (χ2n) is 1.37. The second-order valence-corrected chi connectivity index (χ2v) is 1.37. The molecule has 16 heavy (non-hydrogen) atoms. The van der Waals surface area contributed by atoms with Crippen molar-refractivity contribution in [2.24, 2.45) is 0 Å². The van der Waals surface area contributed by atoms with Gasteiger partial charge in [0, 0.05) is 0 Å². The van der Waals surface area contributed by atoms with Crippen molar-refractivity contribution in [2.45, 2.75) is 13.8 Å². The van der Waals surface area contributed by atoms with E-state index >= 15 is 0 Å². The van der Waals surface area contributed by atoms with E-state index in [-0.39, 0.29) is 33.9 Å². The van der Waals surface area contributed by atoms with Crippen LogP contribution in [-0.2, 0) is 27.2 Å². The predicted molar refractivity (Wildman–Crippen MR) is 48.1 cm³/mol. The molecule has 0 fully saturated rings. The molecule has 0 unspecified atom stereocenters. The van der Waals surface area contributed by atoms with E-state index in [0.717, 1.165) is 34.5 Å². The summed E-state index contributed by atoms with van der Waals surface area (Å²) in [5, 5.41) is 43.0. The van der Waals surface area contributed by atoms with Crippen molar-refractivity contribution in [3.05, 3.63) is 11.8 Å². The first-order chi connectivity index (χ1) is 7.13. The van der Waals surface area contributed by atoms with Gasteiger partial charge in [-0.05, 0) is 13.0 Å². The first-order valence-electron chi connectivity index (χ1n) is 3.62. The van der Waals surface area contributed by atoms with Crippen molar-refractivity contribution in [3.8, 4) is 0 Å². The molecule has 0 aliphatic carbocycles. The van der Waals surface area contributed by atoms with E-state index in [1.807, 2.05) is 0 Å². The summed E-state index contributed by atoms with van der Waals surface area (Å²) in [5.41, 5.74) is 0. The van der Waals surface area contributed by atoms with E-state index in [9.17, 15) is 9.90 Å². The van der Waals surface area contributed by atoms with E-state index < -0.39 is 0 Å². The third-order valence-corrected chi connectivity index (χ3v) is 0.407. The fraction of sp³-hybridized carbons (Fsp3) is 0.667. The van der Waals surface area contributed by atoms with Crippen LogP contribution in [-0.4, -0.2) is 34.2 Å². The van der Waals surface area contributed by atoms with Crippen LogP contribution >= 0.6 is 0 Å². The number of rotatable bonds is 1. The molecule has 0 radical (unpaired) electrons. The van der Waals surface area contributed by atoms with Crippen LogP contribution in [0.1, 0.15) is 13.8 Å². The fourth-order valence-corrected chi connectivity index (χ4v) is 0.286. The molecule has 0 rings (SSSR count). The summed E-state index contributed by atoms with van der Waals surface area (Å²) in [5.74, 6) is -0.375. The first kappa shape index (κ1) is 36.0. The van der Waals surface area contributed by atoms with Gasteiger partial charge in [-0.15, -0.1) is 5.76 Å². The largest absolute Gasteiger partial charge is 5.00 e. The van der Waals surface area contributed by atoms with Crippen LogP contribution in [0.25, 0.3) is 0 Å². The molecule has 0 atom stereocenters. The Kier molecular flexibility index (Phi) is 137. The van der Waals surface area contributed by atoms with Gasteiger partial charge in [-0.25, -0.2) is 0 Å². The number of hydrogen-bond acceptors (Lipinski definition) is 6. The summed E-state index contributed by atoms with van der Waals surface area (Å²) < 4.78 is 0. The van der Waals surface area contributed by atoms with Gasteiger partial charge in [0.1, 0.15) is 0 Å². The van der Waals surface area contributed by atoms with Crippen LogP contribution in [0.2, 0.25) is 0 Å². The Morgan fingerprint density at radius 3 is 1.00 bits per heavy atom. The van der Waals surface area contributed by atoms with Gasteiger partial charge < -0.3 is 25.5 Å². The summed E-state index contributed by atoms with van der Waals surface area (Å²) in [4.78, 5) is 9.98. The molecule has 0 aromatic rings. The topological polar surface area (TPSA) is 132 Å². The number of ketones is 1. The minimum atomic E-state index is -0.187. The molecule has 0 bridgehead atoms.